The van der Waals surface area contributed by atoms with Crippen LogP contribution in [0, 0.1) is 0 Å². The number of fused-ring (bicyclic) bond motifs is 1. The molecular weight excluding hydrogens is 460 g/mol. The molecule has 3 rings (SSSR count). The van der Waals surface area contributed by atoms with Crippen molar-refractivity contribution in [3.8, 4) is 16.9 Å². The zero-order valence-corrected chi connectivity index (χ0v) is 16.5. The zero-order chi connectivity index (χ0) is 21.6. The van der Waals surface area contributed by atoms with Gasteiger partial charge in [0.25, 0.3) is 5.76 Å². The maximum Gasteiger partial charge on any atom is 0.534 e. The molecule has 0 unspecified atom stereocenters. The van der Waals surface area contributed by atoms with Crippen molar-refractivity contribution in [3.05, 3.63) is 52.2 Å². The highest BCUT2D eigenvalue weighted by Gasteiger charge is 2.49. The van der Waals surface area contributed by atoms with Crippen LogP contribution in [-0.4, -0.2) is 27.0 Å². The number of para-hydroxylation sites is 1. The van der Waals surface area contributed by atoms with Crippen molar-refractivity contribution in [2.24, 2.45) is 0 Å². The van der Waals surface area contributed by atoms with Gasteiger partial charge in [-0.1, -0.05) is 35.3 Å². The molecule has 0 saturated heterocycles. The number of methoxy groups -OCH3 is 1. The topological polar surface area (TPSA) is 82.8 Å². The summed E-state index contributed by atoms with van der Waals surface area (Å²) < 4.78 is 75.4. The molecule has 0 atom stereocenters. The van der Waals surface area contributed by atoms with Crippen LogP contribution >= 0.6 is 23.2 Å². The Morgan fingerprint density at radius 3 is 2.28 bits per heavy atom. The number of halogens is 5. The highest BCUT2D eigenvalue weighted by atomic mass is 35.5. The zero-order valence-electron chi connectivity index (χ0n) is 14.2. The minimum Gasteiger partial charge on any atom is -0.463 e. The third-order valence-corrected chi connectivity index (χ3v) is 5.08. The molecule has 12 heteroatoms. The van der Waals surface area contributed by atoms with Gasteiger partial charge in [0.1, 0.15) is 5.58 Å². The summed E-state index contributed by atoms with van der Waals surface area (Å²) >= 11 is 12.0. The number of benzene rings is 2. The third-order valence-electron chi connectivity index (χ3n) is 3.69. The highest BCUT2D eigenvalue weighted by Crippen LogP contribution is 2.42. The Morgan fingerprint density at radius 2 is 1.72 bits per heavy atom. The van der Waals surface area contributed by atoms with Gasteiger partial charge >= 0.3 is 21.6 Å². The maximum absolute atomic E-state index is 12.8. The number of carbonyl (C=O) groups is 1. The summed E-state index contributed by atoms with van der Waals surface area (Å²) in [4.78, 5) is 12.0. The lowest BCUT2D eigenvalue weighted by Crippen LogP contribution is -2.28. The summed E-state index contributed by atoms with van der Waals surface area (Å²) in [7, 11) is -5.14. The van der Waals surface area contributed by atoms with Crippen LogP contribution in [0.2, 0.25) is 10.0 Å². The predicted octanol–water partition coefficient (Wildman–Crippen LogP) is 5.42. The number of ether oxygens (including phenoxy) is 1. The van der Waals surface area contributed by atoms with Gasteiger partial charge in [-0.3, -0.25) is 0 Å². The first-order valence-corrected chi connectivity index (χ1v) is 9.72. The Balaban J connectivity index is 2.30. The first kappa shape index (κ1) is 21.3. The Hall–Kier alpha value is -2.43. The van der Waals surface area contributed by atoms with Crippen LogP contribution in [0.1, 0.15) is 10.6 Å². The quantitative estimate of drug-likeness (QED) is 0.288. The van der Waals surface area contributed by atoms with E-state index in [2.05, 4.69) is 8.92 Å². The van der Waals surface area contributed by atoms with Crippen LogP contribution in [0.15, 0.2) is 40.8 Å². The van der Waals surface area contributed by atoms with Crippen molar-refractivity contribution in [1.29, 1.82) is 0 Å². The first-order chi connectivity index (χ1) is 13.4. The van der Waals surface area contributed by atoms with Crippen LogP contribution in [0.4, 0.5) is 13.2 Å². The number of hydrogen-bond acceptors (Lipinski definition) is 6. The molecule has 1 aromatic heterocycles. The SMILES string of the molecule is COC(=O)c1oc2c(-c3cc(Cl)cc(Cl)c3)cccc2c1OS(=O)(=O)C(F)(F)F. The Kier molecular flexibility index (Phi) is 5.46. The number of alkyl halides is 3. The highest BCUT2D eigenvalue weighted by molar-refractivity contribution is 7.88. The second-order valence-electron chi connectivity index (χ2n) is 5.58. The lowest BCUT2D eigenvalue weighted by atomic mass is 10.0. The predicted molar refractivity (Wildman–Crippen MR) is 98.6 cm³/mol. The molecule has 0 N–H and O–H groups in total. The van der Waals surface area contributed by atoms with E-state index in [0.717, 1.165) is 7.11 Å². The molecule has 154 valence electrons. The van der Waals surface area contributed by atoms with Gasteiger partial charge in [-0.05, 0) is 29.8 Å². The van der Waals surface area contributed by atoms with Gasteiger partial charge in [0.15, 0.2) is 0 Å². The van der Waals surface area contributed by atoms with E-state index in [0.29, 0.717) is 5.56 Å². The van der Waals surface area contributed by atoms with E-state index in [1.54, 1.807) is 0 Å². The normalized spacial score (nSPS) is 12.2. The molecule has 0 amide bonds. The van der Waals surface area contributed by atoms with Gasteiger partial charge in [-0.2, -0.15) is 21.6 Å². The van der Waals surface area contributed by atoms with E-state index in [-0.39, 0.29) is 26.6 Å². The lowest BCUT2D eigenvalue weighted by molar-refractivity contribution is -0.0500. The van der Waals surface area contributed by atoms with Crippen molar-refractivity contribution >= 4 is 50.3 Å². The largest absolute Gasteiger partial charge is 0.534 e. The Labute approximate surface area is 171 Å². The van der Waals surface area contributed by atoms with Gasteiger partial charge in [0.05, 0.1) is 12.5 Å². The van der Waals surface area contributed by atoms with Crippen molar-refractivity contribution in [2.45, 2.75) is 5.51 Å². The fourth-order valence-corrected chi connectivity index (χ4v) is 3.51. The van der Waals surface area contributed by atoms with E-state index < -0.39 is 33.1 Å². The van der Waals surface area contributed by atoms with E-state index in [1.165, 1.54) is 36.4 Å². The molecule has 0 bridgehead atoms. The average Bonchev–Trinajstić information content (AvgIpc) is 2.97. The van der Waals surface area contributed by atoms with E-state index >= 15 is 0 Å². The molecule has 0 spiro atoms. The summed E-state index contributed by atoms with van der Waals surface area (Å²) in [5.41, 5.74) is -5.17. The van der Waals surface area contributed by atoms with Crippen molar-refractivity contribution < 1.29 is 39.7 Å². The molecule has 0 aliphatic heterocycles. The second kappa shape index (κ2) is 7.43. The molecule has 6 nitrogen and oxygen atoms in total. The lowest BCUT2D eigenvalue weighted by Gasteiger charge is -2.09. The molecule has 0 radical (unpaired) electrons. The fraction of sp³-hybridized carbons (Fsp3) is 0.118. The number of esters is 1. The molecule has 2 aromatic carbocycles. The maximum atomic E-state index is 12.8. The van der Waals surface area contributed by atoms with E-state index in [9.17, 15) is 26.4 Å². The number of rotatable bonds is 4. The number of hydrogen-bond donors (Lipinski definition) is 0. The molecular formula is C17H9Cl2F3O6S. The van der Waals surface area contributed by atoms with Gasteiger partial charge in [0.2, 0.25) is 5.75 Å². The second-order valence-corrected chi connectivity index (χ2v) is 7.99. The van der Waals surface area contributed by atoms with Gasteiger partial charge < -0.3 is 13.3 Å². The minimum absolute atomic E-state index is 0.126. The van der Waals surface area contributed by atoms with Crippen LogP contribution in [0.25, 0.3) is 22.1 Å². The summed E-state index contributed by atoms with van der Waals surface area (Å²) in [6, 6.07) is 8.58. The molecule has 0 saturated carbocycles. The van der Waals surface area contributed by atoms with Crippen LogP contribution in [-0.2, 0) is 14.9 Å². The molecule has 0 aliphatic carbocycles. The first-order valence-electron chi connectivity index (χ1n) is 7.55. The molecule has 0 fully saturated rings. The molecule has 1 heterocycles. The molecule has 29 heavy (non-hydrogen) atoms. The van der Waals surface area contributed by atoms with Gasteiger partial charge in [-0.25, -0.2) is 4.79 Å². The number of carbonyl (C=O) groups excluding carboxylic acids is 1. The molecule has 0 aliphatic rings. The molecule has 3 aromatic rings. The standard InChI is InChI=1S/C17H9Cl2F3O6S/c1-26-16(23)15-14(28-29(24,25)17(20,21)22)12-4-2-3-11(13(12)27-15)8-5-9(18)7-10(19)6-8/h2-7H,1H3. The van der Waals surface area contributed by atoms with E-state index in [4.69, 9.17) is 27.6 Å². The van der Waals surface area contributed by atoms with Gasteiger partial charge in [0, 0.05) is 15.6 Å². The summed E-state index contributed by atoms with van der Waals surface area (Å²) in [5.74, 6) is -3.03. The van der Waals surface area contributed by atoms with Crippen molar-refractivity contribution in [2.75, 3.05) is 7.11 Å². The van der Waals surface area contributed by atoms with Gasteiger partial charge in [-0.15, -0.1) is 0 Å². The Morgan fingerprint density at radius 1 is 1.10 bits per heavy atom. The third kappa shape index (κ3) is 4.00. The van der Waals surface area contributed by atoms with Crippen LogP contribution < -0.4 is 4.18 Å². The van der Waals surface area contributed by atoms with E-state index in [1.807, 2.05) is 0 Å². The summed E-state index contributed by atoms with van der Waals surface area (Å²) in [6.45, 7) is 0. The fourth-order valence-electron chi connectivity index (χ4n) is 2.50. The van der Waals surface area contributed by atoms with Crippen molar-refractivity contribution in [1.82, 2.24) is 0 Å². The van der Waals surface area contributed by atoms with Crippen LogP contribution in [0.3, 0.4) is 0 Å². The summed E-state index contributed by atoms with van der Waals surface area (Å²) in [5, 5.41) is 0.326. The van der Waals surface area contributed by atoms with Crippen LogP contribution in [0.5, 0.6) is 5.75 Å². The Bertz CT molecular complexity index is 1200. The minimum atomic E-state index is -6.08. The average molecular weight is 469 g/mol. The summed E-state index contributed by atoms with van der Waals surface area (Å²) in [6.07, 6.45) is 0. The monoisotopic (exact) mass is 468 g/mol. The number of furan rings is 1. The smallest absolute Gasteiger partial charge is 0.463 e. The van der Waals surface area contributed by atoms with Crippen molar-refractivity contribution in [3.63, 3.8) is 0 Å².